The number of rotatable bonds is 3. The molecule has 134 valence electrons. The summed E-state index contributed by atoms with van der Waals surface area (Å²) < 4.78 is 0. The van der Waals surface area contributed by atoms with Crippen LogP contribution in [0.25, 0.3) is 0 Å². The molecule has 5 nitrogen and oxygen atoms in total. The van der Waals surface area contributed by atoms with Crippen molar-refractivity contribution >= 4 is 29.1 Å². The average molecular weight is 370 g/mol. The number of pyridine rings is 1. The largest absolute Gasteiger partial charge is 0.349 e. The highest BCUT2D eigenvalue weighted by molar-refractivity contribution is 6.31. The molecule has 0 fully saturated rings. The molecule has 26 heavy (non-hydrogen) atoms. The topological polar surface area (TPSA) is 62.3 Å². The van der Waals surface area contributed by atoms with Gasteiger partial charge in [-0.2, -0.15) is 0 Å². The highest BCUT2D eigenvalue weighted by Gasteiger charge is 2.39. The summed E-state index contributed by atoms with van der Waals surface area (Å²) in [5.41, 5.74) is 4.63. The minimum Gasteiger partial charge on any atom is -0.349 e. The molecule has 1 N–H and O–H groups in total. The Labute approximate surface area is 157 Å². The van der Waals surface area contributed by atoms with Crippen LogP contribution in [0.5, 0.6) is 0 Å². The zero-order chi connectivity index (χ0) is 18.4. The molecule has 2 atom stereocenters. The van der Waals surface area contributed by atoms with Crippen LogP contribution >= 0.6 is 11.6 Å². The van der Waals surface area contributed by atoms with E-state index in [4.69, 9.17) is 11.6 Å². The summed E-state index contributed by atoms with van der Waals surface area (Å²) in [7, 11) is 0. The van der Waals surface area contributed by atoms with Gasteiger partial charge in [-0.3, -0.25) is 19.5 Å². The van der Waals surface area contributed by atoms with Crippen molar-refractivity contribution in [1.29, 1.82) is 0 Å². The SMILES string of the molecule is CC[C@H]1c2cc(Cl)ccc2C(=O)N1c1cncc2c1CCC2NC(C)=O. The number of carbonyl (C=O) groups is 2. The van der Waals surface area contributed by atoms with E-state index in [1.807, 2.05) is 11.0 Å². The molecule has 1 aliphatic heterocycles. The fourth-order valence-electron chi connectivity index (χ4n) is 4.21. The van der Waals surface area contributed by atoms with E-state index in [-0.39, 0.29) is 23.9 Å². The van der Waals surface area contributed by atoms with Crippen LogP contribution in [0.2, 0.25) is 5.02 Å². The Balaban J connectivity index is 1.79. The molecule has 2 aliphatic rings. The molecular weight excluding hydrogens is 350 g/mol. The van der Waals surface area contributed by atoms with Gasteiger partial charge in [0.05, 0.1) is 24.0 Å². The van der Waals surface area contributed by atoms with E-state index in [0.717, 1.165) is 41.6 Å². The van der Waals surface area contributed by atoms with Gasteiger partial charge in [0.2, 0.25) is 5.91 Å². The zero-order valence-electron chi connectivity index (χ0n) is 14.8. The molecule has 2 amide bonds. The van der Waals surface area contributed by atoms with Gasteiger partial charge in [0.15, 0.2) is 0 Å². The maximum absolute atomic E-state index is 13.1. The van der Waals surface area contributed by atoms with Gasteiger partial charge < -0.3 is 5.32 Å². The number of hydrogen-bond donors (Lipinski definition) is 1. The third-order valence-electron chi connectivity index (χ3n) is 5.28. The first-order chi connectivity index (χ1) is 12.5. The van der Waals surface area contributed by atoms with Gasteiger partial charge >= 0.3 is 0 Å². The first-order valence-electron chi connectivity index (χ1n) is 8.88. The number of fused-ring (bicyclic) bond motifs is 2. The van der Waals surface area contributed by atoms with Crippen LogP contribution in [0, 0.1) is 0 Å². The first-order valence-corrected chi connectivity index (χ1v) is 9.26. The molecule has 6 heteroatoms. The molecule has 0 radical (unpaired) electrons. The first kappa shape index (κ1) is 17.0. The number of nitrogens with zero attached hydrogens (tertiary/aromatic N) is 2. The second-order valence-corrected chi connectivity index (χ2v) is 7.29. The van der Waals surface area contributed by atoms with Crippen molar-refractivity contribution in [1.82, 2.24) is 10.3 Å². The van der Waals surface area contributed by atoms with Crippen molar-refractivity contribution in [2.45, 2.75) is 45.2 Å². The number of benzene rings is 1. The number of carbonyl (C=O) groups excluding carboxylic acids is 2. The second-order valence-electron chi connectivity index (χ2n) is 6.85. The molecule has 1 aromatic heterocycles. The van der Waals surface area contributed by atoms with Crippen LogP contribution in [0.1, 0.15) is 65.8 Å². The Hall–Kier alpha value is -2.40. The lowest BCUT2D eigenvalue weighted by molar-refractivity contribution is -0.119. The van der Waals surface area contributed by atoms with E-state index < -0.39 is 0 Å². The van der Waals surface area contributed by atoms with Gasteiger partial charge in [-0.25, -0.2) is 0 Å². The van der Waals surface area contributed by atoms with Crippen molar-refractivity contribution in [2.24, 2.45) is 0 Å². The van der Waals surface area contributed by atoms with Crippen LogP contribution < -0.4 is 10.2 Å². The maximum Gasteiger partial charge on any atom is 0.259 e. The minimum absolute atomic E-state index is 0.0123. The fourth-order valence-corrected chi connectivity index (χ4v) is 4.39. The fraction of sp³-hybridized carbons (Fsp3) is 0.350. The predicted octanol–water partition coefficient (Wildman–Crippen LogP) is 3.97. The van der Waals surface area contributed by atoms with Crippen molar-refractivity contribution in [3.63, 3.8) is 0 Å². The van der Waals surface area contributed by atoms with Gasteiger partial charge in [0.25, 0.3) is 5.91 Å². The molecule has 1 aromatic carbocycles. The third kappa shape index (κ3) is 2.58. The summed E-state index contributed by atoms with van der Waals surface area (Å²) in [6, 6.07) is 5.36. The maximum atomic E-state index is 13.1. The molecule has 2 heterocycles. The summed E-state index contributed by atoms with van der Waals surface area (Å²) >= 11 is 6.17. The van der Waals surface area contributed by atoms with E-state index in [9.17, 15) is 9.59 Å². The zero-order valence-corrected chi connectivity index (χ0v) is 15.5. The Morgan fingerprint density at radius 2 is 2.15 bits per heavy atom. The van der Waals surface area contributed by atoms with Crippen LogP contribution in [-0.2, 0) is 11.2 Å². The highest BCUT2D eigenvalue weighted by Crippen LogP contribution is 2.44. The number of nitrogens with one attached hydrogen (secondary N) is 1. The monoisotopic (exact) mass is 369 g/mol. The lowest BCUT2D eigenvalue weighted by Crippen LogP contribution is -2.29. The van der Waals surface area contributed by atoms with Gasteiger partial charge in [-0.05, 0) is 54.2 Å². The second kappa shape index (κ2) is 6.40. The molecule has 1 unspecified atom stereocenters. The molecule has 0 saturated carbocycles. The van der Waals surface area contributed by atoms with Gasteiger partial charge in [-0.1, -0.05) is 18.5 Å². The van der Waals surface area contributed by atoms with E-state index in [1.165, 1.54) is 6.92 Å². The number of halogens is 1. The van der Waals surface area contributed by atoms with E-state index in [1.54, 1.807) is 24.5 Å². The van der Waals surface area contributed by atoms with Crippen molar-refractivity contribution in [3.8, 4) is 0 Å². The minimum atomic E-state index is -0.0565. The molecule has 0 spiro atoms. The van der Waals surface area contributed by atoms with Gasteiger partial charge in [0, 0.05) is 23.7 Å². The normalized spacial score (nSPS) is 20.9. The molecule has 1 aliphatic carbocycles. The number of anilines is 1. The smallest absolute Gasteiger partial charge is 0.259 e. The summed E-state index contributed by atoms with van der Waals surface area (Å²) in [5, 5.41) is 3.61. The molecule has 4 rings (SSSR count). The van der Waals surface area contributed by atoms with Gasteiger partial charge in [-0.15, -0.1) is 0 Å². The van der Waals surface area contributed by atoms with Crippen LogP contribution in [-0.4, -0.2) is 16.8 Å². The predicted molar refractivity (Wildman–Crippen MR) is 100 cm³/mol. The highest BCUT2D eigenvalue weighted by atomic mass is 35.5. The number of hydrogen-bond acceptors (Lipinski definition) is 3. The summed E-state index contributed by atoms with van der Waals surface area (Å²) in [6.45, 7) is 3.59. The van der Waals surface area contributed by atoms with Crippen molar-refractivity contribution in [2.75, 3.05) is 4.90 Å². The lowest BCUT2D eigenvalue weighted by atomic mass is 10.0. The van der Waals surface area contributed by atoms with Crippen molar-refractivity contribution < 1.29 is 9.59 Å². The van der Waals surface area contributed by atoms with Crippen LogP contribution in [0.4, 0.5) is 5.69 Å². The standard InChI is InChI=1S/C20H20ClN3O2/c1-3-18-15-8-12(21)4-5-14(15)20(26)24(18)19-10-22-9-16-13(19)6-7-17(16)23-11(2)25/h4-5,8-10,17-18H,3,6-7H2,1-2H3,(H,23,25)/t17?,18-/m0/s1. The van der Waals surface area contributed by atoms with E-state index in [2.05, 4.69) is 17.2 Å². The van der Waals surface area contributed by atoms with Gasteiger partial charge in [0.1, 0.15) is 0 Å². The summed E-state index contributed by atoms with van der Waals surface area (Å²) in [4.78, 5) is 30.8. The summed E-state index contributed by atoms with van der Waals surface area (Å²) in [5.74, 6) is -0.0688. The molecule has 0 saturated heterocycles. The Morgan fingerprint density at radius 1 is 1.35 bits per heavy atom. The van der Waals surface area contributed by atoms with Crippen LogP contribution in [0.15, 0.2) is 30.6 Å². The lowest BCUT2D eigenvalue weighted by Gasteiger charge is -2.26. The van der Waals surface area contributed by atoms with E-state index >= 15 is 0 Å². The Bertz CT molecular complexity index is 912. The summed E-state index contributed by atoms with van der Waals surface area (Å²) in [6.07, 6.45) is 6.00. The average Bonchev–Trinajstić information content (AvgIpc) is 3.13. The quantitative estimate of drug-likeness (QED) is 0.890. The number of aromatic nitrogens is 1. The van der Waals surface area contributed by atoms with Crippen LogP contribution in [0.3, 0.4) is 0 Å². The van der Waals surface area contributed by atoms with E-state index in [0.29, 0.717) is 10.6 Å². The molecule has 2 aromatic rings. The Morgan fingerprint density at radius 3 is 2.88 bits per heavy atom. The number of amides is 2. The third-order valence-corrected chi connectivity index (χ3v) is 5.52. The molecular formula is C20H20ClN3O2. The molecule has 0 bridgehead atoms. The van der Waals surface area contributed by atoms with Crippen molar-refractivity contribution in [3.05, 3.63) is 57.9 Å². The Kier molecular flexibility index (Phi) is 4.19.